The Hall–Kier alpha value is -0.570. The summed E-state index contributed by atoms with van der Waals surface area (Å²) in [7, 11) is 1.91. The number of carbonyl (C=O) groups is 1. The van der Waals surface area contributed by atoms with E-state index in [2.05, 4.69) is 0 Å². The lowest BCUT2D eigenvalue weighted by atomic mass is 9.89. The Labute approximate surface area is 99.4 Å². The van der Waals surface area contributed by atoms with E-state index in [0.717, 1.165) is 6.54 Å². The van der Waals surface area contributed by atoms with Crippen LogP contribution in [0, 0.1) is 5.92 Å². The van der Waals surface area contributed by atoms with Crippen LogP contribution < -0.4 is 5.73 Å². The monoisotopic (exact) mass is 226 g/mol. The summed E-state index contributed by atoms with van der Waals surface area (Å²) in [5.41, 5.74) is 5.47. The molecule has 94 valence electrons. The van der Waals surface area contributed by atoms with E-state index in [1.54, 1.807) is 0 Å². The van der Waals surface area contributed by atoms with Crippen molar-refractivity contribution in [3.05, 3.63) is 0 Å². The quantitative estimate of drug-likeness (QED) is 0.798. The zero-order valence-electron chi connectivity index (χ0n) is 11.0. The Morgan fingerprint density at radius 2 is 1.88 bits per heavy atom. The number of nitrogens with two attached hydrogens (primary N) is 1. The van der Waals surface area contributed by atoms with Gasteiger partial charge in [-0.1, -0.05) is 19.3 Å². The lowest BCUT2D eigenvalue weighted by Gasteiger charge is -2.29. The smallest absolute Gasteiger partial charge is 0.224 e. The summed E-state index contributed by atoms with van der Waals surface area (Å²) in [4.78, 5) is 13.7. The molecule has 0 heterocycles. The molecular formula is C13H26N2O. The van der Waals surface area contributed by atoms with E-state index in [4.69, 9.17) is 5.73 Å². The van der Waals surface area contributed by atoms with Gasteiger partial charge in [-0.3, -0.25) is 4.79 Å². The molecule has 1 saturated carbocycles. The fourth-order valence-electron chi connectivity index (χ4n) is 2.38. The normalized spacial score (nSPS) is 18.5. The molecule has 0 unspecified atom stereocenters. The van der Waals surface area contributed by atoms with Crippen molar-refractivity contribution < 1.29 is 4.79 Å². The largest absolute Gasteiger partial charge is 0.345 e. The first-order chi connectivity index (χ1) is 7.38. The Bertz CT molecular complexity index is 227. The second kappa shape index (κ2) is 5.67. The molecule has 1 aliphatic carbocycles. The number of carbonyl (C=O) groups excluding carboxylic acids is 1. The van der Waals surface area contributed by atoms with Crippen LogP contribution in [0.5, 0.6) is 0 Å². The van der Waals surface area contributed by atoms with Gasteiger partial charge in [0.2, 0.25) is 5.91 Å². The highest BCUT2D eigenvalue weighted by atomic mass is 16.2. The SMILES string of the molecule is CN(CC1CCCCC1)C(=O)CC(C)(C)N. The van der Waals surface area contributed by atoms with Crippen LogP contribution in [0.15, 0.2) is 0 Å². The Kier molecular flexibility index (Phi) is 4.78. The van der Waals surface area contributed by atoms with Crippen LogP contribution in [-0.4, -0.2) is 29.9 Å². The highest BCUT2D eigenvalue weighted by Crippen LogP contribution is 2.24. The van der Waals surface area contributed by atoms with Crippen molar-refractivity contribution in [2.24, 2.45) is 11.7 Å². The third-order valence-electron chi connectivity index (χ3n) is 3.29. The molecule has 3 nitrogen and oxygen atoms in total. The van der Waals surface area contributed by atoms with Crippen molar-refractivity contribution >= 4 is 5.91 Å². The van der Waals surface area contributed by atoms with Crippen LogP contribution in [0.4, 0.5) is 0 Å². The number of nitrogens with zero attached hydrogens (tertiary/aromatic N) is 1. The number of rotatable bonds is 4. The first-order valence-electron chi connectivity index (χ1n) is 6.41. The summed E-state index contributed by atoms with van der Waals surface area (Å²) in [6, 6.07) is 0. The average molecular weight is 226 g/mol. The molecule has 0 bridgehead atoms. The third-order valence-corrected chi connectivity index (χ3v) is 3.29. The Balaban J connectivity index is 2.33. The molecule has 0 radical (unpaired) electrons. The molecule has 1 aliphatic rings. The zero-order valence-corrected chi connectivity index (χ0v) is 11.0. The van der Waals surface area contributed by atoms with Gasteiger partial charge in [0.15, 0.2) is 0 Å². The number of hydrogen-bond acceptors (Lipinski definition) is 2. The Morgan fingerprint density at radius 3 is 2.38 bits per heavy atom. The van der Waals surface area contributed by atoms with E-state index in [0.29, 0.717) is 12.3 Å². The molecule has 0 aromatic carbocycles. The van der Waals surface area contributed by atoms with Gasteiger partial charge in [-0.05, 0) is 32.6 Å². The van der Waals surface area contributed by atoms with Crippen molar-refractivity contribution in [1.82, 2.24) is 4.90 Å². The second-order valence-electron chi connectivity index (χ2n) is 5.94. The maximum Gasteiger partial charge on any atom is 0.224 e. The first-order valence-corrected chi connectivity index (χ1v) is 6.41. The first kappa shape index (κ1) is 13.5. The van der Waals surface area contributed by atoms with Crippen LogP contribution in [0.2, 0.25) is 0 Å². The van der Waals surface area contributed by atoms with Gasteiger partial charge in [-0.25, -0.2) is 0 Å². The molecule has 1 fully saturated rings. The van der Waals surface area contributed by atoms with Crippen LogP contribution in [0.3, 0.4) is 0 Å². The molecule has 0 atom stereocenters. The van der Waals surface area contributed by atoms with Crippen LogP contribution in [0.1, 0.15) is 52.4 Å². The summed E-state index contributed by atoms with van der Waals surface area (Å²) in [6.45, 7) is 4.72. The van der Waals surface area contributed by atoms with Gasteiger partial charge in [0.1, 0.15) is 0 Å². The molecular weight excluding hydrogens is 200 g/mol. The summed E-state index contributed by atoms with van der Waals surface area (Å²) < 4.78 is 0. The predicted molar refractivity (Wildman–Crippen MR) is 67.1 cm³/mol. The maximum atomic E-state index is 11.9. The van der Waals surface area contributed by atoms with E-state index < -0.39 is 5.54 Å². The van der Waals surface area contributed by atoms with E-state index >= 15 is 0 Å². The fraction of sp³-hybridized carbons (Fsp3) is 0.923. The van der Waals surface area contributed by atoms with Crippen molar-refractivity contribution in [2.75, 3.05) is 13.6 Å². The van der Waals surface area contributed by atoms with Crippen molar-refractivity contribution in [3.8, 4) is 0 Å². The minimum atomic E-state index is -0.391. The molecule has 0 aromatic heterocycles. The van der Waals surface area contributed by atoms with E-state index in [1.807, 2.05) is 25.8 Å². The summed E-state index contributed by atoms with van der Waals surface area (Å²) in [5.74, 6) is 0.890. The predicted octanol–water partition coefficient (Wildman–Crippen LogP) is 2.15. The molecule has 3 heteroatoms. The molecule has 0 aliphatic heterocycles. The minimum Gasteiger partial charge on any atom is -0.345 e. The third kappa shape index (κ3) is 4.97. The van der Waals surface area contributed by atoms with E-state index in [9.17, 15) is 4.79 Å². The standard InChI is InChI=1S/C13H26N2O/c1-13(2,14)9-12(16)15(3)10-11-7-5-4-6-8-11/h11H,4-10,14H2,1-3H3. The molecule has 0 aromatic rings. The lowest BCUT2D eigenvalue weighted by Crippen LogP contribution is -2.41. The van der Waals surface area contributed by atoms with E-state index in [1.165, 1.54) is 32.1 Å². The van der Waals surface area contributed by atoms with Gasteiger partial charge in [-0.15, -0.1) is 0 Å². The van der Waals surface area contributed by atoms with Crippen LogP contribution >= 0.6 is 0 Å². The number of amides is 1. The average Bonchev–Trinajstić information content (AvgIpc) is 2.16. The fourth-order valence-corrected chi connectivity index (χ4v) is 2.38. The topological polar surface area (TPSA) is 46.3 Å². The van der Waals surface area contributed by atoms with Gasteiger partial charge in [0.05, 0.1) is 0 Å². The lowest BCUT2D eigenvalue weighted by molar-refractivity contribution is -0.131. The van der Waals surface area contributed by atoms with E-state index in [-0.39, 0.29) is 5.91 Å². The minimum absolute atomic E-state index is 0.179. The number of hydrogen-bond donors (Lipinski definition) is 1. The van der Waals surface area contributed by atoms with Gasteiger partial charge >= 0.3 is 0 Å². The summed E-state index contributed by atoms with van der Waals surface area (Å²) >= 11 is 0. The highest BCUT2D eigenvalue weighted by molar-refractivity contribution is 5.77. The van der Waals surface area contributed by atoms with Crippen molar-refractivity contribution in [2.45, 2.75) is 57.9 Å². The maximum absolute atomic E-state index is 11.9. The molecule has 16 heavy (non-hydrogen) atoms. The van der Waals surface area contributed by atoms with Crippen molar-refractivity contribution in [1.29, 1.82) is 0 Å². The van der Waals surface area contributed by atoms with Crippen LogP contribution in [-0.2, 0) is 4.79 Å². The van der Waals surface area contributed by atoms with Crippen molar-refractivity contribution in [3.63, 3.8) is 0 Å². The summed E-state index contributed by atoms with van der Waals surface area (Å²) in [6.07, 6.45) is 7.03. The second-order valence-corrected chi connectivity index (χ2v) is 5.94. The highest BCUT2D eigenvalue weighted by Gasteiger charge is 2.22. The zero-order chi connectivity index (χ0) is 12.2. The van der Waals surface area contributed by atoms with Gasteiger partial charge < -0.3 is 10.6 Å². The molecule has 0 spiro atoms. The van der Waals surface area contributed by atoms with Gasteiger partial charge in [0.25, 0.3) is 0 Å². The molecule has 1 rings (SSSR count). The molecule has 2 N–H and O–H groups in total. The Morgan fingerprint density at radius 1 is 1.31 bits per heavy atom. The molecule has 0 saturated heterocycles. The van der Waals surface area contributed by atoms with Crippen LogP contribution in [0.25, 0.3) is 0 Å². The van der Waals surface area contributed by atoms with Gasteiger partial charge in [-0.2, -0.15) is 0 Å². The molecule has 1 amide bonds. The van der Waals surface area contributed by atoms with Gasteiger partial charge in [0, 0.05) is 25.6 Å². The summed E-state index contributed by atoms with van der Waals surface area (Å²) in [5, 5.41) is 0.